The SMILES string of the molecule is CON=C1CCC2(O)C3CCc4cc(O)ccc4C3CCC12C. The van der Waals surface area contributed by atoms with E-state index in [4.69, 9.17) is 4.84 Å². The van der Waals surface area contributed by atoms with Crippen LogP contribution in [0.5, 0.6) is 5.75 Å². The van der Waals surface area contributed by atoms with Crippen LogP contribution < -0.4 is 0 Å². The van der Waals surface area contributed by atoms with Gasteiger partial charge in [-0.1, -0.05) is 18.1 Å². The molecule has 4 heteroatoms. The summed E-state index contributed by atoms with van der Waals surface area (Å²) < 4.78 is 0. The summed E-state index contributed by atoms with van der Waals surface area (Å²) in [4.78, 5) is 5.04. The molecule has 124 valence electrons. The topological polar surface area (TPSA) is 62.0 Å². The molecule has 1 aromatic carbocycles. The van der Waals surface area contributed by atoms with Crippen molar-refractivity contribution in [2.75, 3.05) is 7.11 Å². The second-order valence-electron chi connectivity index (χ2n) is 7.65. The number of hydrogen-bond donors (Lipinski definition) is 2. The number of rotatable bonds is 1. The molecular formula is C19H25NO3. The van der Waals surface area contributed by atoms with Gasteiger partial charge in [-0.2, -0.15) is 0 Å². The van der Waals surface area contributed by atoms with E-state index in [9.17, 15) is 10.2 Å². The van der Waals surface area contributed by atoms with Gasteiger partial charge in [-0.25, -0.2) is 0 Å². The number of aromatic hydroxyl groups is 1. The molecule has 1 aromatic rings. The summed E-state index contributed by atoms with van der Waals surface area (Å²) in [5.74, 6) is 0.999. The minimum absolute atomic E-state index is 0.265. The van der Waals surface area contributed by atoms with Gasteiger partial charge >= 0.3 is 0 Å². The smallest absolute Gasteiger partial charge is 0.115 e. The number of oxime groups is 1. The molecule has 0 saturated heterocycles. The molecular weight excluding hydrogens is 290 g/mol. The summed E-state index contributed by atoms with van der Waals surface area (Å²) in [7, 11) is 1.59. The van der Waals surface area contributed by atoms with E-state index in [1.54, 1.807) is 13.2 Å². The first-order valence-corrected chi connectivity index (χ1v) is 8.64. The highest BCUT2D eigenvalue weighted by Crippen LogP contribution is 2.62. The van der Waals surface area contributed by atoms with Crippen molar-refractivity contribution in [3.05, 3.63) is 29.3 Å². The average Bonchev–Trinajstić information content (AvgIpc) is 2.80. The van der Waals surface area contributed by atoms with Crippen LogP contribution in [0, 0.1) is 11.3 Å². The predicted molar refractivity (Wildman–Crippen MR) is 88.6 cm³/mol. The molecule has 2 fully saturated rings. The quantitative estimate of drug-likeness (QED) is 0.781. The van der Waals surface area contributed by atoms with Crippen molar-refractivity contribution in [2.24, 2.45) is 16.5 Å². The van der Waals surface area contributed by atoms with Crippen LogP contribution in [0.4, 0.5) is 0 Å². The molecule has 4 atom stereocenters. The molecule has 0 bridgehead atoms. The van der Waals surface area contributed by atoms with Gasteiger partial charge in [0.05, 0.1) is 11.3 Å². The lowest BCUT2D eigenvalue weighted by Crippen LogP contribution is -2.56. The molecule has 0 aromatic heterocycles. The summed E-state index contributed by atoms with van der Waals surface area (Å²) in [6.45, 7) is 2.17. The highest BCUT2D eigenvalue weighted by molar-refractivity contribution is 5.93. The van der Waals surface area contributed by atoms with Gasteiger partial charge < -0.3 is 15.1 Å². The Morgan fingerprint density at radius 3 is 2.83 bits per heavy atom. The van der Waals surface area contributed by atoms with Crippen molar-refractivity contribution in [2.45, 2.75) is 57.0 Å². The summed E-state index contributed by atoms with van der Waals surface area (Å²) >= 11 is 0. The van der Waals surface area contributed by atoms with Crippen molar-refractivity contribution < 1.29 is 15.1 Å². The van der Waals surface area contributed by atoms with Crippen LogP contribution >= 0.6 is 0 Å². The largest absolute Gasteiger partial charge is 0.508 e. The van der Waals surface area contributed by atoms with Crippen molar-refractivity contribution >= 4 is 5.71 Å². The van der Waals surface area contributed by atoms with Gasteiger partial charge in [-0.3, -0.25) is 0 Å². The van der Waals surface area contributed by atoms with E-state index in [1.807, 2.05) is 6.07 Å². The zero-order valence-electron chi connectivity index (χ0n) is 13.9. The Labute approximate surface area is 137 Å². The van der Waals surface area contributed by atoms with E-state index in [2.05, 4.69) is 18.1 Å². The van der Waals surface area contributed by atoms with Crippen LogP contribution in [0.2, 0.25) is 0 Å². The molecule has 4 rings (SSSR count). The molecule has 0 radical (unpaired) electrons. The second kappa shape index (κ2) is 4.97. The number of fused-ring (bicyclic) bond motifs is 5. The van der Waals surface area contributed by atoms with Crippen LogP contribution in [-0.4, -0.2) is 28.6 Å². The lowest BCUT2D eigenvalue weighted by Gasteiger charge is -2.54. The maximum atomic E-state index is 11.7. The standard InChI is InChI=1S/C19H25NO3/c1-18-9-7-15-14-5-4-13(21)11-12(14)3-6-16(15)19(18,22)10-8-17(18)20-23-2/h4-5,11,15-16,21-22H,3,6-10H2,1-2H3. The number of aryl methyl sites for hydroxylation is 1. The number of nitrogens with zero attached hydrogens (tertiary/aromatic N) is 1. The Hall–Kier alpha value is -1.55. The van der Waals surface area contributed by atoms with Gasteiger partial charge in [0.25, 0.3) is 0 Å². The Balaban J connectivity index is 1.75. The normalized spacial score (nSPS) is 40.4. The molecule has 23 heavy (non-hydrogen) atoms. The minimum atomic E-state index is -0.692. The highest BCUT2D eigenvalue weighted by atomic mass is 16.6. The van der Waals surface area contributed by atoms with Gasteiger partial charge in [-0.15, -0.1) is 0 Å². The Bertz CT molecular complexity index is 671. The monoisotopic (exact) mass is 315 g/mol. The van der Waals surface area contributed by atoms with Crippen LogP contribution in [0.15, 0.2) is 23.4 Å². The molecule has 4 nitrogen and oxygen atoms in total. The third kappa shape index (κ3) is 1.90. The summed E-state index contributed by atoms with van der Waals surface area (Å²) in [5, 5.41) is 25.6. The molecule has 0 heterocycles. The summed E-state index contributed by atoms with van der Waals surface area (Å²) in [6, 6.07) is 5.74. The molecule has 0 aliphatic heterocycles. The van der Waals surface area contributed by atoms with Crippen molar-refractivity contribution in [3.63, 3.8) is 0 Å². The fraction of sp³-hybridized carbons (Fsp3) is 0.632. The van der Waals surface area contributed by atoms with Gasteiger partial charge in [0.2, 0.25) is 0 Å². The van der Waals surface area contributed by atoms with E-state index < -0.39 is 5.60 Å². The van der Waals surface area contributed by atoms with E-state index >= 15 is 0 Å². The molecule has 4 unspecified atom stereocenters. The number of benzene rings is 1. The Morgan fingerprint density at radius 1 is 1.22 bits per heavy atom. The summed E-state index contributed by atoms with van der Waals surface area (Å²) in [5.41, 5.74) is 2.65. The fourth-order valence-electron chi connectivity index (χ4n) is 5.59. The molecule has 0 spiro atoms. The van der Waals surface area contributed by atoms with Crippen LogP contribution in [-0.2, 0) is 11.3 Å². The zero-order chi connectivity index (χ0) is 16.2. The first-order chi connectivity index (χ1) is 11.0. The van der Waals surface area contributed by atoms with Crippen molar-refractivity contribution in [1.82, 2.24) is 0 Å². The first kappa shape index (κ1) is 15.0. The average molecular weight is 315 g/mol. The van der Waals surface area contributed by atoms with E-state index in [0.717, 1.165) is 44.2 Å². The highest BCUT2D eigenvalue weighted by Gasteiger charge is 2.63. The maximum absolute atomic E-state index is 11.7. The van der Waals surface area contributed by atoms with Crippen molar-refractivity contribution in [3.8, 4) is 5.75 Å². The second-order valence-corrected chi connectivity index (χ2v) is 7.65. The third-order valence-corrected chi connectivity index (χ3v) is 6.84. The third-order valence-electron chi connectivity index (χ3n) is 6.84. The van der Waals surface area contributed by atoms with Crippen LogP contribution in [0.1, 0.15) is 56.1 Å². The van der Waals surface area contributed by atoms with Crippen LogP contribution in [0.25, 0.3) is 0 Å². The lowest BCUT2D eigenvalue weighted by atomic mass is 9.53. The number of phenolic OH excluding ortho intramolecular Hbond substituents is 1. The van der Waals surface area contributed by atoms with E-state index in [-0.39, 0.29) is 11.3 Å². The molecule has 0 amide bonds. The zero-order valence-corrected chi connectivity index (χ0v) is 13.9. The van der Waals surface area contributed by atoms with E-state index in [0.29, 0.717) is 11.7 Å². The minimum Gasteiger partial charge on any atom is -0.508 e. The van der Waals surface area contributed by atoms with E-state index in [1.165, 1.54) is 11.1 Å². The predicted octanol–water partition coefficient (Wildman–Crippen LogP) is 3.37. The molecule has 3 aliphatic carbocycles. The molecule has 2 N–H and O–H groups in total. The summed E-state index contributed by atoms with van der Waals surface area (Å²) in [6.07, 6.45) is 5.51. The first-order valence-electron chi connectivity index (χ1n) is 8.64. The van der Waals surface area contributed by atoms with Gasteiger partial charge in [0.1, 0.15) is 12.9 Å². The Morgan fingerprint density at radius 2 is 2.04 bits per heavy atom. The van der Waals surface area contributed by atoms with Gasteiger partial charge in [0.15, 0.2) is 0 Å². The lowest BCUT2D eigenvalue weighted by molar-refractivity contribution is -0.119. The number of aliphatic hydroxyl groups is 1. The molecule has 2 saturated carbocycles. The fourth-order valence-corrected chi connectivity index (χ4v) is 5.59. The van der Waals surface area contributed by atoms with Gasteiger partial charge in [-0.05, 0) is 73.6 Å². The Kier molecular flexibility index (Phi) is 3.24. The molecule has 3 aliphatic rings. The van der Waals surface area contributed by atoms with Crippen molar-refractivity contribution in [1.29, 1.82) is 0 Å². The van der Waals surface area contributed by atoms with Crippen LogP contribution in [0.3, 0.4) is 0 Å². The number of hydrogen-bond acceptors (Lipinski definition) is 4. The maximum Gasteiger partial charge on any atom is 0.115 e. The number of phenols is 1. The van der Waals surface area contributed by atoms with Gasteiger partial charge in [0, 0.05) is 5.41 Å².